The summed E-state index contributed by atoms with van der Waals surface area (Å²) in [6.45, 7) is 2.68. The minimum atomic E-state index is -0.171. The van der Waals surface area contributed by atoms with Gasteiger partial charge >= 0.3 is 0 Å². The molecule has 2 rings (SSSR count). The molecule has 0 N–H and O–H groups in total. The summed E-state index contributed by atoms with van der Waals surface area (Å²) in [5.74, 6) is 1.20. The van der Waals surface area contributed by atoms with Crippen LogP contribution >= 0.6 is 23.2 Å². The second-order valence-electron chi connectivity index (χ2n) is 4.60. The predicted molar refractivity (Wildman–Crippen MR) is 70.1 cm³/mol. The summed E-state index contributed by atoms with van der Waals surface area (Å²) in [6.07, 6.45) is 2.21. The second kappa shape index (κ2) is 6.03. The van der Waals surface area contributed by atoms with Crippen molar-refractivity contribution in [3.05, 3.63) is 34.6 Å². The first-order chi connectivity index (χ1) is 8.19. The molecule has 1 unspecified atom stereocenters. The fourth-order valence-electron chi connectivity index (χ4n) is 2.35. The smallest absolute Gasteiger partial charge is 0.127 e. The molecule has 1 fully saturated rings. The quantitative estimate of drug-likeness (QED) is 0.753. The van der Waals surface area contributed by atoms with Gasteiger partial charge in [-0.25, -0.2) is 4.39 Å². The molecule has 4 heteroatoms. The summed E-state index contributed by atoms with van der Waals surface area (Å²) >= 11 is 11.6. The fourth-order valence-corrected chi connectivity index (χ4v) is 2.86. The fraction of sp³-hybridized carbons (Fsp3) is 0.538. The van der Waals surface area contributed by atoms with E-state index in [4.69, 9.17) is 23.2 Å². The van der Waals surface area contributed by atoms with E-state index < -0.39 is 0 Å². The molecule has 0 aromatic heterocycles. The Morgan fingerprint density at radius 1 is 1.41 bits per heavy atom. The van der Waals surface area contributed by atoms with E-state index in [2.05, 4.69) is 4.90 Å². The lowest BCUT2D eigenvalue weighted by Gasteiger charge is -2.16. The zero-order valence-corrected chi connectivity index (χ0v) is 11.1. The van der Waals surface area contributed by atoms with E-state index in [-0.39, 0.29) is 5.82 Å². The number of rotatable bonds is 4. The number of likely N-dealkylation sites (tertiary alicyclic amines) is 1. The Morgan fingerprint density at radius 3 is 3.00 bits per heavy atom. The van der Waals surface area contributed by atoms with E-state index in [1.54, 1.807) is 12.1 Å². The molecule has 0 radical (unpaired) electrons. The van der Waals surface area contributed by atoms with Gasteiger partial charge in [-0.05, 0) is 43.5 Å². The van der Waals surface area contributed by atoms with Crippen LogP contribution in [-0.2, 0) is 6.54 Å². The Bertz CT molecular complexity index is 384. The molecule has 17 heavy (non-hydrogen) atoms. The molecule has 1 saturated heterocycles. The Kier molecular flexibility index (Phi) is 4.66. The van der Waals surface area contributed by atoms with Crippen LogP contribution in [0.2, 0.25) is 5.02 Å². The van der Waals surface area contributed by atoms with Crippen LogP contribution in [0, 0.1) is 11.7 Å². The zero-order chi connectivity index (χ0) is 12.3. The van der Waals surface area contributed by atoms with E-state index >= 15 is 0 Å². The van der Waals surface area contributed by atoms with E-state index in [1.165, 1.54) is 6.07 Å². The molecule has 94 valence electrons. The maximum atomic E-state index is 13.6. The molecule has 0 aliphatic carbocycles. The topological polar surface area (TPSA) is 3.24 Å². The summed E-state index contributed by atoms with van der Waals surface area (Å²) < 4.78 is 13.6. The molecule has 1 atom stereocenters. The Labute approximate surface area is 112 Å². The average molecular weight is 276 g/mol. The van der Waals surface area contributed by atoms with Crippen LogP contribution in [0.3, 0.4) is 0 Å². The van der Waals surface area contributed by atoms with Crippen LogP contribution in [-0.4, -0.2) is 23.9 Å². The number of alkyl halides is 1. The van der Waals surface area contributed by atoms with Crippen molar-refractivity contribution in [2.24, 2.45) is 5.92 Å². The summed E-state index contributed by atoms with van der Waals surface area (Å²) in [4.78, 5) is 2.27. The molecular formula is C13H16Cl2FN. The first-order valence-electron chi connectivity index (χ1n) is 5.91. The molecule has 0 bridgehead atoms. The molecule has 1 nitrogen and oxygen atoms in total. The lowest BCUT2D eigenvalue weighted by molar-refractivity contribution is 0.310. The van der Waals surface area contributed by atoms with Crippen molar-refractivity contribution in [2.75, 3.05) is 19.0 Å². The van der Waals surface area contributed by atoms with Crippen LogP contribution in [0.5, 0.6) is 0 Å². The molecule has 0 amide bonds. The Morgan fingerprint density at radius 2 is 2.24 bits per heavy atom. The van der Waals surface area contributed by atoms with Gasteiger partial charge in [-0.15, -0.1) is 11.6 Å². The minimum absolute atomic E-state index is 0.171. The minimum Gasteiger partial charge on any atom is -0.299 e. The molecule has 1 aliphatic rings. The molecule has 0 spiro atoms. The van der Waals surface area contributed by atoms with E-state index in [1.807, 2.05) is 0 Å². The summed E-state index contributed by atoms with van der Waals surface area (Å²) in [5, 5.41) is 0.595. The maximum absolute atomic E-state index is 13.6. The van der Waals surface area contributed by atoms with Gasteiger partial charge in [0.2, 0.25) is 0 Å². The van der Waals surface area contributed by atoms with Gasteiger partial charge in [0, 0.05) is 29.6 Å². The molecule has 1 aliphatic heterocycles. The molecule has 1 aromatic rings. The number of nitrogens with zero attached hydrogens (tertiary/aromatic N) is 1. The van der Waals surface area contributed by atoms with Gasteiger partial charge in [0.05, 0.1) is 0 Å². The van der Waals surface area contributed by atoms with E-state index in [9.17, 15) is 4.39 Å². The van der Waals surface area contributed by atoms with Crippen LogP contribution in [0.1, 0.15) is 18.4 Å². The van der Waals surface area contributed by atoms with Gasteiger partial charge in [0.25, 0.3) is 0 Å². The summed E-state index contributed by atoms with van der Waals surface area (Å²) in [7, 11) is 0. The van der Waals surface area contributed by atoms with Crippen molar-refractivity contribution in [2.45, 2.75) is 19.4 Å². The first-order valence-corrected chi connectivity index (χ1v) is 6.82. The van der Waals surface area contributed by atoms with Gasteiger partial charge in [0.1, 0.15) is 5.82 Å². The SMILES string of the molecule is Fc1ccc(Cl)cc1CN1CCC(CCCl)C1. The highest BCUT2D eigenvalue weighted by Gasteiger charge is 2.22. The maximum Gasteiger partial charge on any atom is 0.127 e. The third-order valence-electron chi connectivity index (χ3n) is 3.29. The molecule has 0 saturated carbocycles. The van der Waals surface area contributed by atoms with Gasteiger partial charge in [0.15, 0.2) is 0 Å². The van der Waals surface area contributed by atoms with Crippen LogP contribution in [0.15, 0.2) is 18.2 Å². The van der Waals surface area contributed by atoms with Crippen molar-refractivity contribution in [3.63, 3.8) is 0 Å². The lowest BCUT2D eigenvalue weighted by atomic mass is 10.1. The van der Waals surface area contributed by atoms with Crippen molar-refractivity contribution in [1.29, 1.82) is 0 Å². The molecule has 1 aromatic carbocycles. The van der Waals surface area contributed by atoms with Crippen molar-refractivity contribution in [1.82, 2.24) is 4.90 Å². The summed E-state index contributed by atoms with van der Waals surface area (Å²) in [5.41, 5.74) is 0.684. The third-order valence-corrected chi connectivity index (χ3v) is 3.74. The monoisotopic (exact) mass is 275 g/mol. The normalized spacial score (nSPS) is 21.0. The number of benzene rings is 1. The number of hydrogen-bond acceptors (Lipinski definition) is 1. The van der Waals surface area contributed by atoms with Gasteiger partial charge < -0.3 is 0 Å². The number of hydrogen-bond donors (Lipinski definition) is 0. The van der Waals surface area contributed by atoms with Crippen LogP contribution in [0.4, 0.5) is 4.39 Å². The number of halogens is 3. The Hall–Kier alpha value is -0.310. The van der Waals surface area contributed by atoms with Crippen LogP contribution < -0.4 is 0 Å². The highest BCUT2D eigenvalue weighted by Crippen LogP contribution is 2.23. The second-order valence-corrected chi connectivity index (χ2v) is 5.42. The van der Waals surface area contributed by atoms with Gasteiger partial charge in [-0.2, -0.15) is 0 Å². The average Bonchev–Trinajstić information content (AvgIpc) is 2.72. The first kappa shape index (κ1) is 13.1. The zero-order valence-electron chi connectivity index (χ0n) is 9.63. The van der Waals surface area contributed by atoms with Crippen molar-refractivity contribution in [3.8, 4) is 0 Å². The highest BCUT2D eigenvalue weighted by atomic mass is 35.5. The highest BCUT2D eigenvalue weighted by molar-refractivity contribution is 6.30. The van der Waals surface area contributed by atoms with E-state index in [0.29, 0.717) is 28.9 Å². The van der Waals surface area contributed by atoms with Crippen molar-refractivity contribution >= 4 is 23.2 Å². The van der Waals surface area contributed by atoms with Gasteiger partial charge in [-0.3, -0.25) is 4.90 Å². The van der Waals surface area contributed by atoms with Crippen LogP contribution in [0.25, 0.3) is 0 Å². The largest absolute Gasteiger partial charge is 0.299 e. The molecular weight excluding hydrogens is 260 g/mol. The van der Waals surface area contributed by atoms with Gasteiger partial charge in [-0.1, -0.05) is 11.6 Å². The van der Waals surface area contributed by atoms with Crippen molar-refractivity contribution < 1.29 is 4.39 Å². The third kappa shape index (κ3) is 3.57. The Balaban J connectivity index is 1.95. The standard InChI is InChI=1S/C13H16Cl2FN/c14-5-3-10-4-6-17(8-10)9-11-7-12(15)1-2-13(11)16/h1-2,7,10H,3-6,8-9H2. The predicted octanol–water partition coefficient (Wildman–Crippen LogP) is 3.93. The molecule has 1 heterocycles. The lowest BCUT2D eigenvalue weighted by Crippen LogP contribution is -2.20. The van der Waals surface area contributed by atoms with E-state index in [0.717, 1.165) is 25.9 Å². The summed E-state index contributed by atoms with van der Waals surface area (Å²) in [6, 6.07) is 4.73.